The molecule has 0 aromatic heterocycles. The van der Waals surface area contributed by atoms with Crippen LogP contribution in [0.2, 0.25) is 0 Å². The van der Waals surface area contributed by atoms with Crippen LogP contribution in [-0.4, -0.2) is 40.8 Å². The summed E-state index contributed by atoms with van der Waals surface area (Å²) in [4.78, 5) is 14.1. The summed E-state index contributed by atoms with van der Waals surface area (Å²) in [5, 5.41) is 3.03. The maximum Gasteiger partial charge on any atom is 0.236 e. The topological polar surface area (TPSA) is 32.3 Å². The van der Waals surface area contributed by atoms with E-state index in [0.29, 0.717) is 0 Å². The van der Waals surface area contributed by atoms with Crippen molar-refractivity contribution < 1.29 is 4.79 Å². The van der Waals surface area contributed by atoms with Crippen molar-refractivity contribution in [3.63, 3.8) is 0 Å². The molecule has 0 spiro atoms. The SMILES string of the molecule is CCN(CC)CCCC(C)NC(=O)C(C)(C)Br. The molecular weight excluding hydrogens is 280 g/mol. The molecule has 0 aliphatic rings. The second kappa shape index (κ2) is 8.09. The average molecular weight is 307 g/mol. The highest BCUT2D eigenvalue weighted by atomic mass is 79.9. The lowest BCUT2D eigenvalue weighted by atomic mass is 10.1. The van der Waals surface area contributed by atoms with E-state index in [-0.39, 0.29) is 11.9 Å². The van der Waals surface area contributed by atoms with Crippen molar-refractivity contribution >= 4 is 21.8 Å². The van der Waals surface area contributed by atoms with E-state index in [4.69, 9.17) is 0 Å². The minimum Gasteiger partial charge on any atom is -0.352 e. The molecule has 0 fully saturated rings. The molecule has 1 N–H and O–H groups in total. The fraction of sp³-hybridized carbons (Fsp3) is 0.923. The molecule has 0 aliphatic carbocycles. The van der Waals surface area contributed by atoms with Crippen LogP contribution in [0, 0.1) is 0 Å². The molecule has 1 unspecified atom stereocenters. The molecule has 0 radical (unpaired) electrons. The zero-order valence-corrected chi connectivity index (χ0v) is 13.4. The number of nitrogens with one attached hydrogen (secondary N) is 1. The Balaban J connectivity index is 3.80. The molecule has 0 saturated heterocycles. The molecule has 0 rings (SSSR count). The van der Waals surface area contributed by atoms with Crippen LogP contribution in [0.15, 0.2) is 0 Å². The summed E-state index contributed by atoms with van der Waals surface area (Å²) in [5.74, 6) is 0.0628. The monoisotopic (exact) mass is 306 g/mol. The van der Waals surface area contributed by atoms with Gasteiger partial charge in [0.15, 0.2) is 0 Å². The molecule has 0 saturated carbocycles. The van der Waals surface area contributed by atoms with Gasteiger partial charge in [0.05, 0.1) is 4.32 Å². The Morgan fingerprint density at radius 3 is 2.29 bits per heavy atom. The summed E-state index contributed by atoms with van der Waals surface area (Å²) >= 11 is 3.37. The molecule has 0 bridgehead atoms. The summed E-state index contributed by atoms with van der Waals surface area (Å²) in [6, 6.07) is 0.245. The van der Waals surface area contributed by atoms with Crippen LogP contribution in [0.25, 0.3) is 0 Å². The molecule has 1 amide bonds. The van der Waals surface area contributed by atoms with E-state index >= 15 is 0 Å². The number of nitrogens with zero attached hydrogens (tertiary/aromatic N) is 1. The van der Waals surface area contributed by atoms with Crippen LogP contribution in [0.4, 0.5) is 0 Å². The first-order valence-corrected chi connectivity index (χ1v) is 7.32. The molecular formula is C13H27BrN2O. The minimum atomic E-state index is -0.472. The molecule has 4 heteroatoms. The average Bonchev–Trinajstić information content (AvgIpc) is 2.23. The zero-order valence-electron chi connectivity index (χ0n) is 11.8. The number of halogens is 1. The van der Waals surface area contributed by atoms with E-state index < -0.39 is 4.32 Å². The van der Waals surface area contributed by atoms with Crippen LogP contribution in [0.5, 0.6) is 0 Å². The third-order valence-electron chi connectivity index (χ3n) is 2.92. The summed E-state index contributed by atoms with van der Waals surface area (Å²) in [6.07, 6.45) is 2.16. The molecule has 1 atom stereocenters. The van der Waals surface area contributed by atoms with Crippen LogP contribution >= 0.6 is 15.9 Å². The van der Waals surface area contributed by atoms with Crippen LogP contribution in [-0.2, 0) is 4.79 Å². The van der Waals surface area contributed by atoms with Gasteiger partial charge in [0.1, 0.15) is 0 Å². The molecule has 0 aromatic rings. The number of hydrogen-bond acceptors (Lipinski definition) is 2. The Labute approximate surface area is 114 Å². The van der Waals surface area contributed by atoms with Gasteiger partial charge in [0, 0.05) is 6.04 Å². The summed E-state index contributed by atoms with van der Waals surface area (Å²) in [6.45, 7) is 13.5. The third kappa shape index (κ3) is 7.77. The quantitative estimate of drug-likeness (QED) is 0.699. The molecule has 0 aliphatic heterocycles. The standard InChI is InChI=1S/C13H27BrN2O/c1-6-16(7-2)10-8-9-11(3)15-12(17)13(4,5)14/h11H,6-10H2,1-5H3,(H,15,17). The lowest BCUT2D eigenvalue weighted by molar-refractivity contribution is -0.123. The number of rotatable bonds is 8. The number of alkyl halides is 1. The normalized spacial score (nSPS) is 13.8. The van der Waals surface area contributed by atoms with E-state index in [9.17, 15) is 4.79 Å². The maximum atomic E-state index is 11.7. The van der Waals surface area contributed by atoms with Crippen molar-refractivity contribution in [1.29, 1.82) is 0 Å². The number of hydrogen-bond donors (Lipinski definition) is 1. The highest BCUT2D eigenvalue weighted by Gasteiger charge is 2.24. The number of carbonyl (C=O) groups is 1. The Morgan fingerprint density at radius 1 is 1.35 bits per heavy atom. The van der Waals surface area contributed by atoms with E-state index in [0.717, 1.165) is 32.5 Å². The van der Waals surface area contributed by atoms with Gasteiger partial charge in [-0.3, -0.25) is 4.79 Å². The van der Waals surface area contributed by atoms with Crippen LogP contribution < -0.4 is 5.32 Å². The molecule has 0 aromatic carbocycles. The smallest absolute Gasteiger partial charge is 0.236 e. The largest absolute Gasteiger partial charge is 0.352 e. The van der Waals surface area contributed by atoms with Crippen LogP contribution in [0.1, 0.15) is 47.5 Å². The molecule has 3 nitrogen and oxygen atoms in total. The number of carbonyl (C=O) groups excluding carboxylic acids is 1. The predicted octanol–water partition coefficient (Wildman–Crippen LogP) is 2.79. The van der Waals surface area contributed by atoms with Gasteiger partial charge in [0.25, 0.3) is 0 Å². The lowest BCUT2D eigenvalue weighted by Crippen LogP contribution is -2.42. The second-order valence-corrected chi connectivity index (χ2v) is 7.00. The van der Waals surface area contributed by atoms with E-state index in [2.05, 4.69) is 46.9 Å². The maximum absolute atomic E-state index is 11.7. The van der Waals surface area contributed by atoms with Gasteiger partial charge in [-0.25, -0.2) is 0 Å². The van der Waals surface area contributed by atoms with Crippen molar-refractivity contribution in [2.45, 2.75) is 57.8 Å². The van der Waals surface area contributed by atoms with Crippen LogP contribution in [0.3, 0.4) is 0 Å². The molecule has 17 heavy (non-hydrogen) atoms. The van der Waals surface area contributed by atoms with Gasteiger partial charge in [-0.1, -0.05) is 29.8 Å². The van der Waals surface area contributed by atoms with Gasteiger partial charge in [-0.05, 0) is 53.2 Å². The van der Waals surface area contributed by atoms with Crippen molar-refractivity contribution in [1.82, 2.24) is 10.2 Å². The van der Waals surface area contributed by atoms with Gasteiger partial charge in [-0.15, -0.1) is 0 Å². The first kappa shape index (κ1) is 16.9. The van der Waals surface area contributed by atoms with Gasteiger partial charge < -0.3 is 10.2 Å². The first-order chi connectivity index (χ1) is 7.81. The summed E-state index contributed by atoms with van der Waals surface area (Å²) < 4.78 is -0.472. The Kier molecular flexibility index (Phi) is 8.05. The minimum absolute atomic E-state index is 0.0628. The van der Waals surface area contributed by atoms with Crippen molar-refractivity contribution in [2.24, 2.45) is 0 Å². The summed E-state index contributed by atoms with van der Waals surface area (Å²) in [5.41, 5.74) is 0. The second-order valence-electron chi connectivity index (χ2n) is 5.02. The van der Waals surface area contributed by atoms with Crippen molar-refractivity contribution in [3.8, 4) is 0 Å². The fourth-order valence-electron chi connectivity index (χ4n) is 1.63. The lowest BCUT2D eigenvalue weighted by Gasteiger charge is -2.22. The van der Waals surface area contributed by atoms with E-state index in [1.165, 1.54) is 0 Å². The number of amides is 1. The highest BCUT2D eigenvalue weighted by Crippen LogP contribution is 2.16. The Hall–Kier alpha value is -0.0900. The van der Waals surface area contributed by atoms with Gasteiger partial charge >= 0.3 is 0 Å². The van der Waals surface area contributed by atoms with Crippen molar-refractivity contribution in [2.75, 3.05) is 19.6 Å². The zero-order chi connectivity index (χ0) is 13.5. The Bertz CT molecular complexity index is 222. The Morgan fingerprint density at radius 2 is 1.88 bits per heavy atom. The molecule has 0 heterocycles. The van der Waals surface area contributed by atoms with Gasteiger partial charge in [0.2, 0.25) is 5.91 Å². The van der Waals surface area contributed by atoms with E-state index in [1.54, 1.807) is 0 Å². The molecule has 102 valence electrons. The van der Waals surface area contributed by atoms with E-state index in [1.807, 2.05) is 13.8 Å². The third-order valence-corrected chi connectivity index (χ3v) is 3.28. The van der Waals surface area contributed by atoms with Gasteiger partial charge in [-0.2, -0.15) is 0 Å². The predicted molar refractivity (Wildman–Crippen MR) is 77.6 cm³/mol. The first-order valence-electron chi connectivity index (χ1n) is 6.53. The highest BCUT2D eigenvalue weighted by molar-refractivity contribution is 9.10. The summed E-state index contributed by atoms with van der Waals surface area (Å²) in [7, 11) is 0. The fourth-order valence-corrected chi connectivity index (χ4v) is 1.74. The van der Waals surface area contributed by atoms with Crippen molar-refractivity contribution in [3.05, 3.63) is 0 Å².